The quantitative estimate of drug-likeness (QED) is 0.741. The predicted molar refractivity (Wildman–Crippen MR) is 56.9 cm³/mol. The zero-order valence-corrected chi connectivity index (χ0v) is 9.35. The molecule has 92 valence electrons. The molecule has 1 unspecified atom stereocenters. The lowest BCUT2D eigenvalue weighted by atomic mass is 9.81. The third-order valence-electron chi connectivity index (χ3n) is 3.17. The van der Waals surface area contributed by atoms with Crippen molar-refractivity contribution in [1.82, 2.24) is 0 Å². The van der Waals surface area contributed by atoms with Crippen LogP contribution in [0, 0.1) is 11.8 Å². The summed E-state index contributed by atoms with van der Waals surface area (Å²) in [5.41, 5.74) is 1.34. The van der Waals surface area contributed by atoms with Crippen molar-refractivity contribution in [1.29, 1.82) is 0 Å². The Morgan fingerprint density at radius 1 is 1.62 bits per heavy atom. The lowest BCUT2D eigenvalue weighted by Crippen LogP contribution is -2.29. The molecule has 16 heavy (non-hydrogen) atoms. The van der Waals surface area contributed by atoms with Gasteiger partial charge in [0.2, 0.25) is 0 Å². The molecule has 0 aromatic carbocycles. The highest BCUT2D eigenvalue weighted by atomic mass is 19.4. The molecular formula is C12H17F3O. The first kappa shape index (κ1) is 13.3. The van der Waals surface area contributed by atoms with Crippen LogP contribution in [0.25, 0.3) is 0 Å². The van der Waals surface area contributed by atoms with Gasteiger partial charge < -0.3 is 5.11 Å². The zero-order chi connectivity index (χ0) is 12.3. The van der Waals surface area contributed by atoms with Crippen LogP contribution in [-0.4, -0.2) is 17.9 Å². The standard InChI is InChI=1S/C12H17F3O/c1-8(2)9-3-5-10(6-4-9)11(7-16)12(13,14)15/h5,9,11,16H,1,3-4,6-7H2,2H3/t9-,11?/m1/s1. The van der Waals surface area contributed by atoms with Gasteiger partial charge in [-0.15, -0.1) is 0 Å². The van der Waals surface area contributed by atoms with Gasteiger partial charge in [0.05, 0.1) is 12.5 Å². The lowest BCUT2D eigenvalue weighted by Gasteiger charge is -2.27. The first-order valence-corrected chi connectivity index (χ1v) is 5.38. The molecule has 0 bridgehead atoms. The minimum Gasteiger partial charge on any atom is -0.395 e. The van der Waals surface area contributed by atoms with Gasteiger partial charge in [-0.05, 0) is 32.1 Å². The fourth-order valence-electron chi connectivity index (χ4n) is 2.05. The molecule has 0 aromatic heterocycles. The fourth-order valence-corrected chi connectivity index (χ4v) is 2.05. The molecule has 4 heteroatoms. The molecule has 0 saturated heterocycles. The molecule has 1 rings (SSSR count). The molecule has 0 heterocycles. The topological polar surface area (TPSA) is 20.2 Å². The van der Waals surface area contributed by atoms with Gasteiger partial charge in [0.1, 0.15) is 0 Å². The minimum atomic E-state index is -4.34. The van der Waals surface area contributed by atoms with Crippen molar-refractivity contribution in [3.63, 3.8) is 0 Å². The fraction of sp³-hybridized carbons (Fsp3) is 0.667. The van der Waals surface area contributed by atoms with E-state index in [-0.39, 0.29) is 5.92 Å². The van der Waals surface area contributed by atoms with E-state index in [2.05, 4.69) is 6.58 Å². The highest BCUT2D eigenvalue weighted by Gasteiger charge is 2.41. The van der Waals surface area contributed by atoms with E-state index in [4.69, 9.17) is 5.11 Å². The SMILES string of the molecule is C=C(C)[C@@H]1CC=C(C(CO)C(F)(F)F)CC1. The van der Waals surface area contributed by atoms with Crippen LogP contribution >= 0.6 is 0 Å². The van der Waals surface area contributed by atoms with Gasteiger partial charge >= 0.3 is 6.18 Å². The first-order valence-electron chi connectivity index (χ1n) is 5.38. The number of halogens is 3. The summed E-state index contributed by atoms with van der Waals surface area (Å²) in [6.45, 7) is 4.86. The summed E-state index contributed by atoms with van der Waals surface area (Å²) in [5.74, 6) is -1.39. The number of hydrogen-bond donors (Lipinski definition) is 1. The molecular weight excluding hydrogens is 217 g/mol. The molecule has 0 spiro atoms. The van der Waals surface area contributed by atoms with Gasteiger partial charge in [-0.2, -0.15) is 13.2 Å². The molecule has 0 radical (unpaired) electrons. The highest BCUT2D eigenvalue weighted by molar-refractivity contribution is 5.16. The predicted octanol–water partition coefficient (Wildman–Crippen LogP) is 3.46. The maximum absolute atomic E-state index is 12.5. The largest absolute Gasteiger partial charge is 0.397 e. The van der Waals surface area contributed by atoms with E-state index < -0.39 is 18.7 Å². The van der Waals surface area contributed by atoms with Gasteiger partial charge in [-0.3, -0.25) is 0 Å². The normalized spacial score (nSPS) is 23.8. The van der Waals surface area contributed by atoms with E-state index in [1.54, 1.807) is 6.08 Å². The molecule has 0 saturated carbocycles. The van der Waals surface area contributed by atoms with Crippen molar-refractivity contribution < 1.29 is 18.3 Å². The average Bonchev–Trinajstić information content (AvgIpc) is 2.17. The summed E-state index contributed by atoms with van der Waals surface area (Å²) in [6, 6.07) is 0. The Morgan fingerprint density at radius 2 is 2.25 bits per heavy atom. The maximum Gasteiger partial charge on any atom is 0.397 e. The Labute approximate surface area is 93.7 Å². The second kappa shape index (κ2) is 5.04. The number of hydrogen-bond acceptors (Lipinski definition) is 1. The average molecular weight is 234 g/mol. The third-order valence-corrected chi connectivity index (χ3v) is 3.17. The van der Waals surface area contributed by atoms with Crippen molar-refractivity contribution in [2.75, 3.05) is 6.61 Å². The summed E-state index contributed by atoms with van der Waals surface area (Å²) in [5, 5.41) is 8.81. The molecule has 0 fully saturated rings. The minimum absolute atomic E-state index is 0.288. The second-order valence-electron chi connectivity index (χ2n) is 4.37. The van der Waals surface area contributed by atoms with Gasteiger partial charge in [0, 0.05) is 0 Å². The Morgan fingerprint density at radius 3 is 2.56 bits per heavy atom. The van der Waals surface area contributed by atoms with Crippen LogP contribution in [0.3, 0.4) is 0 Å². The number of alkyl halides is 3. The van der Waals surface area contributed by atoms with Crippen LogP contribution in [0.15, 0.2) is 23.8 Å². The summed E-state index contributed by atoms with van der Waals surface area (Å²) < 4.78 is 37.6. The van der Waals surface area contributed by atoms with E-state index in [0.717, 1.165) is 5.57 Å². The number of aliphatic hydroxyl groups excluding tert-OH is 1. The van der Waals surface area contributed by atoms with E-state index in [0.29, 0.717) is 24.8 Å². The van der Waals surface area contributed by atoms with E-state index >= 15 is 0 Å². The van der Waals surface area contributed by atoms with Crippen molar-refractivity contribution >= 4 is 0 Å². The summed E-state index contributed by atoms with van der Waals surface area (Å²) in [6.07, 6.45) is -0.999. The number of aliphatic hydroxyl groups is 1. The summed E-state index contributed by atoms with van der Waals surface area (Å²) in [7, 11) is 0. The first-order chi connectivity index (χ1) is 7.36. The third kappa shape index (κ3) is 3.11. The summed E-state index contributed by atoms with van der Waals surface area (Å²) in [4.78, 5) is 0. The number of rotatable bonds is 3. The van der Waals surface area contributed by atoms with Crippen LogP contribution in [-0.2, 0) is 0 Å². The maximum atomic E-state index is 12.5. The van der Waals surface area contributed by atoms with Gasteiger partial charge in [0.25, 0.3) is 0 Å². The highest BCUT2D eigenvalue weighted by Crippen LogP contribution is 2.38. The molecule has 1 aliphatic carbocycles. The Bertz CT molecular complexity index is 291. The smallest absolute Gasteiger partial charge is 0.395 e. The van der Waals surface area contributed by atoms with E-state index in [9.17, 15) is 13.2 Å². The molecule has 1 N–H and O–H groups in total. The van der Waals surface area contributed by atoms with Crippen molar-refractivity contribution in [3.8, 4) is 0 Å². The monoisotopic (exact) mass is 234 g/mol. The molecule has 0 aliphatic heterocycles. The molecule has 1 nitrogen and oxygen atoms in total. The van der Waals surface area contributed by atoms with E-state index in [1.807, 2.05) is 6.92 Å². The van der Waals surface area contributed by atoms with Crippen LogP contribution < -0.4 is 0 Å². The molecule has 0 aromatic rings. The van der Waals surface area contributed by atoms with Gasteiger partial charge in [-0.25, -0.2) is 0 Å². The van der Waals surface area contributed by atoms with E-state index in [1.165, 1.54) is 0 Å². The Kier molecular flexibility index (Phi) is 4.19. The van der Waals surface area contributed by atoms with Crippen molar-refractivity contribution in [2.45, 2.75) is 32.4 Å². The Balaban J connectivity index is 2.72. The van der Waals surface area contributed by atoms with Crippen molar-refractivity contribution in [3.05, 3.63) is 23.8 Å². The van der Waals surface area contributed by atoms with Crippen LogP contribution in [0.5, 0.6) is 0 Å². The summed E-state index contributed by atoms with van der Waals surface area (Å²) >= 11 is 0. The van der Waals surface area contributed by atoms with Crippen LogP contribution in [0.2, 0.25) is 0 Å². The van der Waals surface area contributed by atoms with Crippen molar-refractivity contribution in [2.24, 2.45) is 11.8 Å². The van der Waals surface area contributed by atoms with Gasteiger partial charge in [0.15, 0.2) is 0 Å². The van der Waals surface area contributed by atoms with Crippen LogP contribution in [0.1, 0.15) is 26.2 Å². The van der Waals surface area contributed by atoms with Crippen LogP contribution in [0.4, 0.5) is 13.2 Å². The number of allylic oxidation sites excluding steroid dienone is 2. The Hall–Kier alpha value is -0.770. The zero-order valence-electron chi connectivity index (χ0n) is 9.35. The molecule has 1 aliphatic rings. The second-order valence-corrected chi connectivity index (χ2v) is 4.37. The molecule has 2 atom stereocenters. The lowest BCUT2D eigenvalue weighted by molar-refractivity contribution is -0.173. The van der Waals surface area contributed by atoms with Gasteiger partial charge in [-0.1, -0.05) is 23.8 Å². The molecule has 0 amide bonds.